The first-order valence-corrected chi connectivity index (χ1v) is 11.2. The summed E-state index contributed by atoms with van der Waals surface area (Å²) in [5, 5.41) is 3.10. The number of methoxy groups -OCH3 is 1. The van der Waals surface area contributed by atoms with Crippen LogP contribution in [0.25, 0.3) is 0 Å². The lowest BCUT2D eigenvalue weighted by Crippen LogP contribution is -2.49. The molecule has 1 fully saturated rings. The minimum Gasteiger partial charge on any atom is -0.497 e. The van der Waals surface area contributed by atoms with Gasteiger partial charge in [0.05, 0.1) is 12.8 Å². The monoisotopic (exact) mass is 487 g/mol. The molecule has 0 radical (unpaired) electrons. The van der Waals surface area contributed by atoms with Gasteiger partial charge in [-0.15, -0.1) is 0 Å². The van der Waals surface area contributed by atoms with Crippen molar-refractivity contribution in [3.63, 3.8) is 0 Å². The van der Waals surface area contributed by atoms with Gasteiger partial charge >= 0.3 is 0 Å². The molecule has 0 unspecified atom stereocenters. The van der Waals surface area contributed by atoms with Crippen LogP contribution in [0.3, 0.4) is 0 Å². The minimum absolute atomic E-state index is 0.000843. The van der Waals surface area contributed by atoms with Crippen molar-refractivity contribution >= 4 is 33.4 Å². The van der Waals surface area contributed by atoms with E-state index < -0.39 is 0 Å². The summed E-state index contributed by atoms with van der Waals surface area (Å²) in [4.78, 5) is 28.9. The Morgan fingerprint density at radius 2 is 2.03 bits per heavy atom. The molecule has 0 aliphatic carbocycles. The van der Waals surface area contributed by atoms with Crippen molar-refractivity contribution in [3.05, 3.63) is 52.5 Å². The van der Waals surface area contributed by atoms with Gasteiger partial charge in [0.15, 0.2) is 6.61 Å². The molecule has 31 heavy (non-hydrogen) atoms. The van der Waals surface area contributed by atoms with Crippen LogP contribution in [0.15, 0.2) is 46.9 Å². The van der Waals surface area contributed by atoms with Crippen molar-refractivity contribution in [2.75, 3.05) is 38.3 Å². The van der Waals surface area contributed by atoms with Crippen LogP contribution in [0.1, 0.15) is 18.4 Å². The summed E-state index contributed by atoms with van der Waals surface area (Å²) in [6.45, 7) is 2.64. The van der Waals surface area contributed by atoms with E-state index in [1.807, 2.05) is 24.3 Å². The van der Waals surface area contributed by atoms with E-state index in [0.717, 1.165) is 42.7 Å². The number of fused-ring (bicyclic) bond motifs is 1. The molecule has 7 nitrogen and oxygen atoms in total. The summed E-state index contributed by atoms with van der Waals surface area (Å²) in [5.74, 6) is 1.12. The normalized spacial score (nSPS) is 17.1. The fraction of sp³-hybridized carbons (Fsp3) is 0.391. The fourth-order valence-electron chi connectivity index (χ4n) is 4.03. The first kappa shape index (κ1) is 21.6. The van der Waals surface area contributed by atoms with E-state index in [1.54, 1.807) is 13.2 Å². The van der Waals surface area contributed by atoms with Crippen molar-refractivity contribution < 1.29 is 19.1 Å². The van der Waals surface area contributed by atoms with E-state index in [0.29, 0.717) is 11.4 Å². The molecule has 8 heteroatoms. The van der Waals surface area contributed by atoms with E-state index >= 15 is 0 Å². The highest BCUT2D eigenvalue weighted by atomic mass is 79.9. The fourth-order valence-corrected chi connectivity index (χ4v) is 4.37. The summed E-state index contributed by atoms with van der Waals surface area (Å²) in [6.07, 6.45) is 1.77. The zero-order chi connectivity index (χ0) is 21.8. The van der Waals surface area contributed by atoms with Crippen molar-refractivity contribution in [1.82, 2.24) is 10.2 Å². The second-order valence-corrected chi connectivity index (χ2v) is 8.77. The summed E-state index contributed by atoms with van der Waals surface area (Å²) < 4.78 is 11.7. The van der Waals surface area contributed by atoms with Gasteiger partial charge in [0.1, 0.15) is 18.0 Å². The number of amides is 2. The van der Waals surface area contributed by atoms with Crippen molar-refractivity contribution in [1.29, 1.82) is 0 Å². The maximum atomic E-state index is 12.7. The van der Waals surface area contributed by atoms with Gasteiger partial charge < -0.3 is 14.8 Å². The number of piperidine rings is 1. The number of nitrogens with zero attached hydrogens (tertiary/aromatic N) is 2. The molecular weight excluding hydrogens is 462 g/mol. The van der Waals surface area contributed by atoms with Gasteiger partial charge in [0.25, 0.3) is 5.91 Å². The minimum atomic E-state index is -0.210. The number of anilines is 1. The van der Waals surface area contributed by atoms with Gasteiger partial charge in [-0.1, -0.05) is 28.1 Å². The molecule has 164 valence electrons. The average molecular weight is 488 g/mol. The Morgan fingerprint density at radius 1 is 1.23 bits per heavy atom. The highest BCUT2D eigenvalue weighted by molar-refractivity contribution is 9.10. The van der Waals surface area contributed by atoms with E-state index in [2.05, 4.69) is 38.3 Å². The first-order chi connectivity index (χ1) is 15.0. The van der Waals surface area contributed by atoms with Crippen LogP contribution >= 0.6 is 15.9 Å². The lowest BCUT2D eigenvalue weighted by molar-refractivity contribution is -0.125. The lowest BCUT2D eigenvalue weighted by atomic mass is 10.0. The molecule has 2 aliphatic rings. The largest absolute Gasteiger partial charge is 0.497 e. The molecular formula is C23H26BrN3O4. The van der Waals surface area contributed by atoms with Crippen molar-refractivity contribution in [2.45, 2.75) is 25.4 Å². The van der Waals surface area contributed by atoms with Crippen LogP contribution in [-0.4, -0.2) is 56.1 Å². The van der Waals surface area contributed by atoms with Crippen molar-refractivity contribution in [3.8, 4) is 11.5 Å². The predicted octanol–water partition coefficient (Wildman–Crippen LogP) is 2.96. The summed E-state index contributed by atoms with van der Waals surface area (Å²) in [6, 6.07) is 13.7. The van der Waals surface area contributed by atoms with Crippen LogP contribution in [0.5, 0.6) is 11.5 Å². The molecule has 4 rings (SSSR count). The van der Waals surface area contributed by atoms with Crippen molar-refractivity contribution in [2.24, 2.45) is 0 Å². The third-order valence-corrected chi connectivity index (χ3v) is 6.15. The first-order valence-electron chi connectivity index (χ1n) is 10.4. The number of hydrogen-bond donors (Lipinski definition) is 1. The van der Waals surface area contributed by atoms with Gasteiger partial charge in [-0.25, -0.2) is 0 Å². The van der Waals surface area contributed by atoms with E-state index in [4.69, 9.17) is 9.47 Å². The second-order valence-electron chi connectivity index (χ2n) is 7.85. The molecule has 0 aromatic heterocycles. The highest BCUT2D eigenvalue weighted by Gasteiger charge is 2.28. The number of likely N-dealkylation sites (tertiary alicyclic amines) is 1. The number of carbonyl (C=O) groups is 2. The summed E-state index contributed by atoms with van der Waals surface area (Å²) in [7, 11) is 1.68. The number of halogens is 1. The Hall–Kier alpha value is -2.58. The number of nitrogens with one attached hydrogen (secondary N) is 1. The van der Waals surface area contributed by atoms with Crippen LogP contribution in [0.4, 0.5) is 5.69 Å². The number of hydrogen-bond acceptors (Lipinski definition) is 5. The Labute approximate surface area is 190 Å². The maximum absolute atomic E-state index is 12.7. The topological polar surface area (TPSA) is 71.1 Å². The number of ether oxygens (including phenoxy) is 2. The third kappa shape index (κ3) is 5.37. The predicted molar refractivity (Wildman–Crippen MR) is 121 cm³/mol. The zero-order valence-corrected chi connectivity index (χ0v) is 19.1. The van der Waals surface area contributed by atoms with Crippen LogP contribution in [-0.2, 0) is 16.1 Å². The second kappa shape index (κ2) is 9.70. The molecule has 2 aliphatic heterocycles. The molecule has 2 heterocycles. The van der Waals surface area contributed by atoms with Crippen LogP contribution in [0.2, 0.25) is 0 Å². The molecule has 0 atom stereocenters. The SMILES string of the molecule is COc1cccc(CN2CCC(NC(=O)CN3C(=O)COc4cc(Br)ccc43)CC2)c1. The smallest absolute Gasteiger partial charge is 0.265 e. The van der Waals surface area contributed by atoms with Gasteiger partial charge in [-0.05, 0) is 48.7 Å². The average Bonchev–Trinajstić information content (AvgIpc) is 2.77. The maximum Gasteiger partial charge on any atom is 0.265 e. The Balaban J connectivity index is 1.28. The van der Waals surface area contributed by atoms with Gasteiger partial charge in [0.2, 0.25) is 5.91 Å². The summed E-state index contributed by atoms with van der Waals surface area (Å²) in [5.41, 5.74) is 1.85. The molecule has 2 aromatic carbocycles. The van der Waals surface area contributed by atoms with Gasteiger partial charge in [0, 0.05) is 30.1 Å². The standard InChI is InChI=1S/C23H26BrN3O4/c1-30-19-4-2-3-16(11-19)13-26-9-7-18(8-10-26)25-22(28)14-27-20-6-5-17(24)12-21(20)31-15-23(27)29/h2-6,11-12,18H,7-10,13-15H2,1H3,(H,25,28). The molecule has 2 amide bonds. The summed E-state index contributed by atoms with van der Waals surface area (Å²) >= 11 is 3.40. The Morgan fingerprint density at radius 3 is 2.81 bits per heavy atom. The molecule has 1 N–H and O–H groups in total. The zero-order valence-electron chi connectivity index (χ0n) is 17.5. The quantitative estimate of drug-likeness (QED) is 0.677. The molecule has 0 saturated carbocycles. The van der Waals surface area contributed by atoms with Crippen LogP contribution < -0.4 is 19.7 Å². The lowest BCUT2D eigenvalue weighted by Gasteiger charge is -2.33. The van der Waals surface area contributed by atoms with Crippen LogP contribution in [0, 0.1) is 0 Å². The number of rotatable bonds is 6. The van der Waals surface area contributed by atoms with Gasteiger partial charge in [-0.2, -0.15) is 0 Å². The Kier molecular flexibility index (Phi) is 6.77. The molecule has 2 aromatic rings. The molecule has 0 spiro atoms. The molecule has 1 saturated heterocycles. The van der Waals surface area contributed by atoms with E-state index in [-0.39, 0.29) is 31.0 Å². The molecule has 0 bridgehead atoms. The van der Waals surface area contributed by atoms with E-state index in [1.165, 1.54) is 10.5 Å². The number of benzene rings is 2. The van der Waals surface area contributed by atoms with E-state index in [9.17, 15) is 9.59 Å². The third-order valence-electron chi connectivity index (χ3n) is 5.66. The number of carbonyl (C=O) groups excluding carboxylic acids is 2. The Bertz CT molecular complexity index is 960. The van der Waals surface area contributed by atoms with Gasteiger partial charge in [-0.3, -0.25) is 19.4 Å². The highest BCUT2D eigenvalue weighted by Crippen LogP contribution is 2.34.